The van der Waals surface area contributed by atoms with Crippen molar-refractivity contribution in [3.8, 4) is 17.3 Å². The van der Waals surface area contributed by atoms with Gasteiger partial charge in [0.1, 0.15) is 23.6 Å². The molecule has 2 heterocycles. The quantitative estimate of drug-likeness (QED) is 0.597. The summed E-state index contributed by atoms with van der Waals surface area (Å²) in [6.45, 7) is 5.19. The molecule has 0 aliphatic heterocycles. The van der Waals surface area contributed by atoms with Gasteiger partial charge in [0.25, 0.3) is 10.0 Å². The highest BCUT2D eigenvalue weighted by atomic mass is 32.2. The molecular formula is C23H23FN4O4S. The molecule has 33 heavy (non-hydrogen) atoms. The molecule has 0 aliphatic carbocycles. The highest BCUT2D eigenvalue weighted by molar-refractivity contribution is 7.90. The number of amides is 1. The van der Waals surface area contributed by atoms with Crippen molar-refractivity contribution in [1.82, 2.24) is 14.3 Å². The number of hydrogen-bond acceptors (Lipinski definition) is 6. The van der Waals surface area contributed by atoms with Gasteiger partial charge in [0.05, 0.1) is 4.90 Å². The number of rotatable bonds is 5. The van der Waals surface area contributed by atoms with E-state index in [0.717, 1.165) is 10.2 Å². The van der Waals surface area contributed by atoms with Crippen molar-refractivity contribution in [2.45, 2.75) is 31.8 Å². The molecule has 1 aromatic carbocycles. The normalized spacial score (nSPS) is 12.6. The maximum Gasteiger partial charge on any atom is 0.407 e. The summed E-state index contributed by atoms with van der Waals surface area (Å²) in [6.07, 6.45) is 0.520. The number of carbonyl (C=O) groups is 1. The standard InChI is InChI=1S/C23H23FN4O4S/c1-23(2,3)21(32-22(29)26-4)17-14-28(33(30,31)15-9-6-5-7-10-15)20(19(17)24)16-11-8-12-27-18(16)13-25/h5-12,14,21H,1-4H3,(H,26,29). The van der Waals surface area contributed by atoms with Crippen LogP contribution in [0.5, 0.6) is 0 Å². The molecule has 1 amide bonds. The van der Waals surface area contributed by atoms with Crippen LogP contribution < -0.4 is 5.32 Å². The predicted molar refractivity (Wildman–Crippen MR) is 119 cm³/mol. The van der Waals surface area contributed by atoms with E-state index < -0.39 is 33.5 Å². The monoisotopic (exact) mass is 470 g/mol. The lowest BCUT2D eigenvalue weighted by Gasteiger charge is -2.29. The van der Waals surface area contributed by atoms with Crippen LogP contribution in [-0.4, -0.2) is 30.5 Å². The summed E-state index contributed by atoms with van der Waals surface area (Å²) in [7, 11) is -2.91. The lowest BCUT2D eigenvalue weighted by atomic mass is 9.85. The fourth-order valence-corrected chi connectivity index (χ4v) is 4.75. The summed E-state index contributed by atoms with van der Waals surface area (Å²) >= 11 is 0. The number of pyridine rings is 1. The predicted octanol–water partition coefficient (Wildman–Crippen LogP) is 4.24. The Morgan fingerprint density at radius 1 is 1.21 bits per heavy atom. The summed E-state index contributed by atoms with van der Waals surface area (Å²) in [4.78, 5) is 15.9. The number of carbonyl (C=O) groups excluding carboxylic acids is 1. The van der Waals surface area contributed by atoms with Crippen LogP contribution in [0.1, 0.15) is 38.1 Å². The summed E-state index contributed by atoms with van der Waals surface area (Å²) in [5, 5.41) is 11.8. The first kappa shape index (κ1) is 23.9. The maximum atomic E-state index is 16.0. The van der Waals surface area contributed by atoms with E-state index in [4.69, 9.17) is 4.74 Å². The molecule has 3 aromatic rings. The summed E-state index contributed by atoms with van der Waals surface area (Å²) in [5.74, 6) is -0.928. The first-order valence-corrected chi connectivity index (χ1v) is 11.4. The molecule has 0 spiro atoms. The van der Waals surface area contributed by atoms with E-state index in [1.165, 1.54) is 37.5 Å². The van der Waals surface area contributed by atoms with Gasteiger partial charge in [-0.15, -0.1) is 0 Å². The zero-order chi connectivity index (χ0) is 24.4. The number of ether oxygens (including phenoxy) is 1. The second-order valence-corrected chi connectivity index (χ2v) is 10.1. The zero-order valence-corrected chi connectivity index (χ0v) is 19.4. The van der Waals surface area contributed by atoms with E-state index in [9.17, 15) is 18.5 Å². The van der Waals surface area contributed by atoms with E-state index in [-0.39, 0.29) is 27.4 Å². The van der Waals surface area contributed by atoms with E-state index >= 15 is 4.39 Å². The smallest absolute Gasteiger partial charge is 0.407 e. The third-order valence-electron chi connectivity index (χ3n) is 4.90. The lowest BCUT2D eigenvalue weighted by Crippen LogP contribution is -2.29. The minimum absolute atomic E-state index is 0.00383. The van der Waals surface area contributed by atoms with Crippen molar-refractivity contribution in [2.75, 3.05) is 7.05 Å². The molecule has 2 aromatic heterocycles. The molecule has 1 atom stereocenters. The van der Waals surface area contributed by atoms with E-state index in [1.54, 1.807) is 39.0 Å². The summed E-state index contributed by atoms with van der Waals surface area (Å²) < 4.78 is 49.3. The van der Waals surface area contributed by atoms with Gasteiger partial charge in [0.2, 0.25) is 0 Å². The number of nitrogens with one attached hydrogen (secondary N) is 1. The van der Waals surface area contributed by atoms with Gasteiger partial charge in [0.15, 0.2) is 5.82 Å². The molecule has 3 rings (SSSR count). The van der Waals surface area contributed by atoms with Crippen LogP contribution in [0.15, 0.2) is 59.8 Å². The molecule has 0 radical (unpaired) electrons. The summed E-state index contributed by atoms with van der Waals surface area (Å²) in [6, 6.07) is 12.3. The van der Waals surface area contributed by atoms with Gasteiger partial charge in [-0.1, -0.05) is 39.0 Å². The van der Waals surface area contributed by atoms with Crippen molar-refractivity contribution < 1.29 is 22.3 Å². The molecule has 10 heteroatoms. The van der Waals surface area contributed by atoms with Gasteiger partial charge in [0, 0.05) is 36.0 Å². The Morgan fingerprint density at radius 2 is 1.88 bits per heavy atom. The van der Waals surface area contributed by atoms with Gasteiger partial charge in [-0.3, -0.25) is 0 Å². The van der Waals surface area contributed by atoms with E-state index in [1.807, 2.05) is 6.07 Å². The Balaban J connectivity index is 2.38. The number of alkyl carbamates (subject to hydrolysis) is 1. The molecule has 1 unspecified atom stereocenters. The Hall–Kier alpha value is -3.71. The van der Waals surface area contributed by atoms with E-state index in [0.29, 0.717) is 0 Å². The molecule has 8 nitrogen and oxygen atoms in total. The number of nitrogens with zero attached hydrogens (tertiary/aromatic N) is 3. The topological polar surface area (TPSA) is 114 Å². The van der Waals surface area contributed by atoms with Crippen molar-refractivity contribution in [3.63, 3.8) is 0 Å². The van der Waals surface area contributed by atoms with Crippen molar-refractivity contribution in [1.29, 1.82) is 5.26 Å². The van der Waals surface area contributed by atoms with Gasteiger partial charge < -0.3 is 10.1 Å². The third kappa shape index (κ3) is 4.59. The van der Waals surface area contributed by atoms with E-state index in [2.05, 4.69) is 10.3 Å². The molecule has 0 aliphatic rings. The number of aromatic nitrogens is 2. The fraction of sp³-hybridized carbons (Fsp3) is 0.261. The van der Waals surface area contributed by atoms with Gasteiger partial charge in [-0.25, -0.2) is 26.6 Å². The van der Waals surface area contributed by atoms with Crippen molar-refractivity contribution in [2.24, 2.45) is 5.41 Å². The minimum Gasteiger partial charge on any atom is -0.441 e. The average Bonchev–Trinajstić information content (AvgIpc) is 3.14. The highest BCUT2D eigenvalue weighted by Crippen LogP contribution is 2.42. The Labute approximate surface area is 191 Å². The fourth-order valence-electron chi connectivity index (χ4n) is 3.35. The SMILES string of the molecule is CNC(=O)OC(c1cn(S(=O)(=O)c2ccccc2)c(-c2cccnc2C#N)c1F)C(C)(C)C. The van der Waals surface area contributed by atoms with Crippen LogP contribution in [0.25, 0.3) is 11.3 Å². The zero-order valence-electron chi connectivity index (χ0n) is 18.5. The van der Waals surface area contributed by atoms with Crippen molar-refractivity contribution in [3.05, 3.63) is 71.9 Å². The maximum absolute atomic E-state index is 16.0. The van der Waals surface area contributed by atoms with Crippen LogP contribution >= 0.6 is 0 Å². The Kier molecular flexibility index (Phi) is 6.56. The van der Waals surface area contributed by atoms with Crippen LogP contribution in [0.4, 0.5) is 9.18 Å². The number of hydrogen-bond donors (Lipinski definition) is 1. The van der Waals surface area contributed by atoms with Crippen LogP contribution in [-0.2, 0) is 14.8 Å². The molecular weight excluding hydrogens is 447 g/mol. The van der Waals surface area contributed by atoms with Crippen LogP contribution in [0.3, 0.4) is 0 Å². The number of nitriles is 1. The molecule has 1 N–H and O–H groups in total. The average molecular weight is 471 g/mol. The van der Waals surface area contributed by atoms with Crippen LogP contribution in [0.2, 0.25) is 0 Å². The number of benzene rings is 1. The van der Waals surface area contributed by atoms with Gasteiger partial charge in [-0.05, 0) is 24.3 Å². The van der Waals surface area contributed by atoms with Gasteiger partial charge >= 0.3 is 6.09 Å². The second-order valence-electron chi connectivity index (χ2n) is 8.27. The van der Waals surface area contributed by atoms with Crippen molar-refractivity contribution >= 4 is 16.1 Å². The number of halogens is 1. The molecule has 0 fully saturated rings. The van der Waals surface area contributed by atoms with Gasteiger partial charge in [-0.2, -0.15) is 5.26 Å². The lowest BCUT2D eigenvalue weighted by molar-refractivity contribution is 0.0294. The first-order valence-electron chi connectivity index (χ1n) is 9.97. The highest BCUT2D eigenvalue weighted by Gasteiger charge is 2.37. The molecule has 0 saturated carbocycles. The molecule has 0 saturated heterocycles. The molecule has 172 valence electrons. The second kappa shape index (κ2) is 9.03. The largest absolute Gasteiger partial charge is 0.441 e. The summed E-state index contributed by atoms with van der Waals surface area (Å²) in [5.41, 5.74) is -1.46. The Bertz CT molecular complexity index is 1320. The third-order valence-corrected chi connectivity index (χ3v) is 6.58. The first-order chi connectivity index (χ1) is 15.5. The Morgan fingerprint density at radius 3 is 2.45 bits per heavy atom. The molecule has 0 bridgehead atoms. The minimum atomic E-state index is -4.27. The van der Waals surface area contributed by atoms with Crippen LogP contribution in [0, 0.1) is 22.6 Å².